The summed E-state index contributed by atoms with van der Waals surface area (Å²) in [5.74, 6) is 0.400. The van der Waals surface area contributed by atoms with E-state index in [-0.39, 0.29) is 10.2 Å². The van der Waals surface area contributed by atoms with Gasteiger partial charge in [0.2, 0.25) is 0 Å². The number of hydrogen-bond donors (Lipinski definition) is 2. The summed E-state index contributed by atoms with van der Waals surface area (Å²) in [5, 5.41) is -0.168. The maximum atomic E-state index is 10.5. The standard InChI is InChI=1S/C8H14O2S2/c1-6(2-4-7(9)11)3-5-8(10)12/h6H,2-5H2,1H3,(H,9,11)(H,10,12). The molecule has 70 valence electrons. The van der Waals surface area contributed by atoms with Gasteiger partial charge in [-0.3, -0.25) is 9.59 Å². The third kappa shape index (κ3) is 8.14. The summed E-state index contributed by atoms with van der Waals surface area (Å²) >= 11 is 7.32. The lowest BCUT2D eigenvalue weighted by Crippen LogP contribution is -1.99. The zero-order valence-electron chi connectivity index (χ0n) is 7.12. The first-order chi connectivity index (χ1) is 5.52. The summed E-state index contributed by atoms with van der Waals surface area (Å²) in [7, 11) is 0. The molecular weight excluding hydrogens is 192 g/mol. The Bertz CT molecular complexity index is 150. The molecule has 0 amide bonds. The zero-order valence-corrected chi connectivity index (χ0v) is 8.91. The highest BCUT2D eigenvalue weighted by Crippen LogP contribution is 2.14. The maximum absolute atomic E-state index is 10.5. The Hall–Kier alpha value is 0.0400. The lowest BCUT2D eigenvalue weighted by molar-refractivity contribution is -0.111. The average Bonchev–Trinajstić information content (AvgIpc) is 1.96. The van der Waals surface area contributed by atoms with E-state index in [0.717, 1.165) is 12.8 Å². The van der Waals surface area contributed by atoms with Gasteiger partial charge in [0.1, 0.15) is 0 Å². The molecule has 4 heteroatoms. The Morgan fingerprint density at radius 1 is 1.08 bits per heavy atom. The van der Waals surface area contributed by atoms with Crippen LogP contribution in [-0.4, -0.2) is 10.2 Å². The van der Waals surface area contributed by atoms with Gasteiger partial charge in [-0.15, -0.1) is 25.3 Å². The molecule has 0 aromatic rings. The fourth-order valence-corrected chi connectivity index (χ4v) is 1.14. The molecule has 0 N–H and O–H groups in total. The summed E-state index contributed by atoms with van der Waals surface area (Å²) in [4.78, 5) is 20.9. The number of rotatable bonds is 6. The Morgan fingerprint density at radius 3 is 1.67 bits per heavy atom. The molecule has 12 heavy (non-hydrogen) atoms. The van der Waals surface area contributed by atoms with Gasteiger partial charge in [0.25, 0.3) is 0 Å². The van der Waals surface area contributed by atoms with Crippen LogP contribution < -0.4 is 0 Å². The van der Waals surface area contributed by atoms with Crippen LogP contribution >= 0.6 is 25.3 Å². The summed E-state index contributed by atoms with van der Waals surface area (Å²) < 4.78 is 0. The molecule has 0 fully saturated rings. The molecule has 0 radical (unpaired) electrons. The van der Waals surface area contributed by atoms with E-state index >= 15 is 0 Å². The van der Waals surface area contributed by atoms with Crippen LogP contribution in [0, 0.1) is 5.92 Å². The van der Waals surface area contributed by atoms with Crippen LogP contribution in [0.25, 0.3) is 0 Å². The first-order valence-electron chi connectivity index (χ1n) is 3.96. The van der Waals surface area contributed by atoms with E-state index in [1.54, 1.807) is 0 Å². The lowest BCUT2D eigenvalue weighted by atomic mass is 10.0. The molecule has 0 heterocycles. The van der Waals surface area contributed by atoms with Crippen LogP contribution in [0.3, 0.4) is 0 Å². The van der Waals surface area contributed by atoms with E-state index < -0.39 is 0 Å². The SMILES string of the molecule is CC(CCC(=O)S)CCC(=O)S. The highest BCUT2D eigenvalue weighted by Gasteiger charge is 2.05. The lowest BCUT2D eigenvalue weighted by Gasteiger charge is -2.07. The molecule has 0 atom stereocenters. The van der Waals surface area contributed by atoms with Crippen molar-refractivity contribution < 1.29 is 9.59 Å². The van der Waals surface area contributed by atoms with Crippen molar-refractivity contribution in [2.24, 2.45) is 5.92 Å². The van der Waals surface area contributed by atoms with Crippen molar-refractivity contribution >= 4 is 35.5 Å². The largest absolute Gasteiger partial charge is 0.288 e. The fraction of sp³-hybridized carbons (Fsp3) is 0.750. The summed E-state index contributed by atoms with van der Waals surface area (Å²) in [6.07, 6.45) is 2.60. The molecule has 0 aliphatic carbocycles. The minimum atomic E-state index is -0.0842. The summed E-state index contributed by atoms with van der Waals surface area (Å²) in [6.45, 7) is 2.02. The van der Waals surface area contributed by atoms with Gasteiger partial charge in [-0.05, 0) is 18.8 Å². The number of hydrogen-bond acceptors (Lipinski definition) is 2. The third-order valence-corrected chi connectivity index (χ3v) is 2.15. The van der Waals surface area contributed by atoms with Crippen molar-refractivity contribution in [2.45, 2.75) is 32.6 Å². The van der Waals surface area contributed by atoms with Crippen molar-refractivity contribution in [3.05, 3.63) is 0 Å². The van der Waals surface area contributed by atoms with Crippen molar-refractivity contribution in [2.75, 3.05) is 0 Å². The number of thiol groups is 2. The second-order valence-electron chi connectivity index (χ2n) is 2.97. The van der Waals surface area contributed by atoms with Gasteiger partial charge in [0.05, 0.1) is 0 Å². The Balaban J connectivity index is 3.39. The van der Waals surface area contributed by atoms with Crippen LogP contribution in [0.1, 0.15) is 32.6 Å². The van der Waals surface area contributed by atoms with Gasteiger partial charge < -0.3 is 0 Å². The van der Waals surface area contributed by atoms with Gasteiger partial charge >= 0.3 is 0 Å². The van der Waals surface area contributed by atoms with Crippen LogP contribution in [0.15, 0.2) is 0 Å². The predicted octanol–water partition coefficient (Wildman–Crippen LogP) is 2.10. The van der Waals surface area contributed by atoms with Gasteiger partial charge in [0.15, 0.2) is 10.2 Å². The van der Waals surface area contributed by atoms with Crippen LogP contribution in [-0.2, 0) is 9.59 Å². The van der Waals surface area contributed by atoms with E-state index in [1.807, 2.05) is 6.92 Å². The minimum absolute atomic E-state index is 0.0842. The third-order valence-electron chi connectivity index (χ3n) is 1.70. The first-order valence-corrected chi connectivity index (χ1v) is 4.85. The highest BCUT2D eigenvalue weighted by molar-refractivity contribution is 7.96. The van der Waals surface area contributed by atoms with Crippen molar-refractivity contribution in [3.8, 4) is 0 Å². The predicted molar refractivity (Wildman–Crippen MR) is 55.6 cm³/mol. The van der Waals surface area contributed by atoms with E-state index in [1.165, 1.54) is 0 Å². The molecule has 2 nitrogen and oxygen atoms in total. The molecule has 0 aliphatic rings. The van der Waals surface area contributed by atoms with Crippen molar-refractivity contribution in [1.29, 1.82) is 0 Å². The summed E-state index contributed by atoms with van der Waals surface area (Å²) in [6, 6.07) is 0. The van der Waals surface area contributed by atoms with Gasteiger partial charge in [-0.1, -0.05) is 6.92 Å². The fourth-order valence-electron chi connectivity index (χ4n) is 0.884. The van der Waals surface area contributed by atoms with Crippen LogP contribution in [0.2, 0.25) is 0 Å². The molecule has 0 rings (SSSR count). The second-order valence-corrected chi connectivity index (χ2v) is 3.97. The smallest absolute Gasteiger partial charge is 0.185 e. The Morgan fingerprint density at radius 2 is 1.42 bits per heavy atom. The van der Waals surface area contributed by atoms with E-state index in [4.69, 9.17) is 0 Å². The zero-order chi connectivity index (χ0) is 9.56. The van der Waals surface area contributed by atoms with E-state index in [0.29, 0.717) is 18.8 Å². The van der Waals surface area contributed by atoms with E-state index in [2.05, 4.69) is 25.3 Å². The molecule has 0 saturated heterocycles. The maximum Gasteiger partial charge on any atom is 0.185 e. The second kappa shape index (κ2) is 6.54. The quantitative estimate of drug-likeness (QED) is 0.653. The van der Waals surface area contributed by atoms with Crippen molar-refractivity contribution in [1.82, 2.24) is 0 Å². The monoisotopic (exact) mass is 206 g/mol. The number of carbonyl (C=O) groups is 2. The van der Waals surface area contributed by atoms with Crippen molar-refractivity contribution in [3.63, 3.8) is 0 Å². The molecule has 0 aliphatic heterocycles. The Labute approximate surface area is 83.9 Å². The molecule has 0 saturated carbocycles. The molecule has 0 aromatic carbocycles. The van der Waals surface area contributed by atoms with Gasteiger partial charge in [-0.25, -0.2) is 0 Å². The van der Waals surface area contributed by atoms with Crippen LogP contribution in [0.4, 0.5) is 0 Å². The molecular formula is C8H14O2S2. The summed E-state index contributed by atoms with van der Waals surface area (Å²) in [5.41, 5.74) is 0. The molecule has 0 bridgehead atoms. The Kier molecular flexibility index (Phi) is 6.57. The number of carbonyl (C=O) groups excluding carboxylic acids is 2. The average molecular weight is 206 g/mol. The minimum Gasteiger partial charge on any atom is -0.288 e. The first kappa shape index (κ1) is 12.0. The van der Waals surface area contributed by atoms with Gasteiger partial charge in [0, 0.05) is 12.8 Å². The molecule has 0 aromatic heterocycles. The molecule has 0 spiro atoms. The van der Waals surface area contributed by atoms with E-state index in [9.17, 15) is 9.59 Å². The highest BCUT2D eigenvalue weighted by atomic mass is 32.1. The van der Waals surface area contributed by atoms with Gasteiger partial charge in [-0.2, -0.15) is 0 Å². The van der Waals surface area contributed by atoms with Crippen LogP contribution in [0.5, 0.6) is 0 Å². The molecule has 0 unspecified atom stereocenters. The topological polar surface area (TPSA) is 34.1 Å². The normalized spacial score (nSPS) is 10.3.